The van der Waals surface area contributed by atoms with Crippen LogP contribution in [0.15, 0.2) is 17.6 Å². The van der Waals surface area contributed by atoms with Gasteiger partial charge in [-0.25, -0.2) is 4.68 Å². The van der Waals surface area contributed by atoms with Crippen LogP contribution in [0.1, 0.15) is 53.5 Å². The van der Waals surface area contributed by atoms with Gasteiger partial charge in [-0.3, -0.25) is 9.59 Å². The van der Waals surface area contributed by atoms with Crippen molar-refractivity contribution in [2.45, 2.75) is 65.6 Å². The molecular formula is C17H27N5O3. The van der Waals surface area contributed by atoms with E-state index in [0.29, 0.717) is 17.9 Å². The van der Waals surface area contributed by atoms with Gasteiger partial charge in [0.05, 0.1) is 17.7 Å². The Bertz CT molecular complexity index is 680. The highest BCUT2D eigenvalue weighted by Gasteiger charge is 2.32. The maximum Gasteiger partial charge on any atom is 0.306 e. The fourth-order valence-electron chi connectivity index (χ4n) is 2.90. The predicted octanol–water partition coefficient (Wildman–Crippen LogP) is 1.80. The first-order chi connectivity index (χ1) is 11.7. The minimum absolute atomic E-state index is 0.124. The van der Waals surface area contributed by atoms with Crippen molar-refractivity contribution in [2.24, 2.45) is 0 Å². The Morgan fingerprint density at radius 2 is 2.04 bits per heavy atom. The van der Waals surface area contributed by atoms with E-state index in [2.05, 4.69) is 15.4 Å². The summed E-state index contributed by atoms with van der Waals surface area (Å²) < 4.78 is 6.84. The molecule has 0 saturated carbocycles. The molecule has 1 amide bonds. The van der Waals surface area contributed by atoms with Gasteiger partial charge < -0.3 is 15.0 Å². The molecule has 1 aromatic rings. The molecule has 8 heteroatoms. The maximum absolute atomic E-state index is 12.8. The SMILES string of the molecule is CC1=C(C(=O)N[C@@H](C)CCC(=O)OC(C)C)[C@@H](C)n2ncnc2N1C. The Labute approximate surface area is 148 Å². The van der Waals surface area contributed by atoms with E-state index in [9.17, 15) is 9.59 Å². The van der Waals surface area contributed by atoms with Crippen molar-refractivity contribution < 1.29 is 14.3 Å². The number of esters is 1. The third-order valence-electron chi connectivity index (χ3n) is 4.30. The minimum atomic E-state index is -0.246. The number of carbonyl (C=O) groups excluding carboxylic acids is 2. The molecule has 2 rings (SSSR count). The van der Waals surface area contributed by atoms with E-state index in [1.165, 1.54) is 6.33 Å². The Morgan fingerprint density at radius 1 is 1.36 bits per heavy atom. The van der Waals surface area contributed by atoms with E-state index in [4.69, 9.17) is 4.74 Å². The number of anilines is 1. The average molecular weight is 349 g/mol. The fraction of sp³-hybridized carbons (Fsp3) is 0.647. The quantitative estimate of drug-likeness (QED) is 0.788. The number of nitrogens with one attached hydrogen (secondary N) is 1. The molecule has 0 aliphatic carbocycles. The lowest BCUT2D eigenvalue weighted by molar-refractivity contribution is -0.147. The third kappa shape index (κ3) is 4.18. The van der Waals surface area contributed by atoms with Gasteiger partial charge in [-0.1, -0.05) is 0 Å². The summed E-state index contributed by atoms with van der Waals surface area (Å²) in [6, 6.07) is -0.339. The molecule has 2 atom stereocenters. The van der Waals surface area contributed by atoms with Crippen LogP contribution < -0.4 is 10.2 Å². The summed E-state index contributed by atoms with van der Waals surface area (Å²) in [5, 5.41) is 7.18. The van der Waals surface area contributed by atoms with Crippen LogP contribution in [-0.2, 0) is 14.3 Å². The van der Waals surface area contributed by atoms with E-state index < -0.39 is 0 Å². The van der Waals surface area contributed by atoms with Crippen LogP contribution in [0.3, 0.4) is 0 Å². The van der Waals surface area contributed by atoms with Crippen LogP contribution in [0, 0.1) is 0 Å². The first kappa shape index (κ1) is 19.0. The lowest BCUT2D eigenvalue weighted by Crippen LogP contribution is -2.40. The van der Waals surface area contributed by atoms with Gasteiger partial charge in [0, 0.05) is 25.2 Å². The number of nitrogens with zero attached hydrogens (tertiary/aromatic N) is 4. The van der Waals surface area contributed by atoms with E-state index in [-0.39, 0.29) is 36.5 Å². The molecule has 0 fully saturated rings. The van der Waals surface area contributed by atoms with Crippen molar-refractivity contribution in [3.63, 3.8) is 0 Å². The lowest BCUT2D eigenvalue weighted by atomic mass is 10.0. The fourth-order valence-corrected chi connectivity index (χ4v) is 2.90. The molecule has 0 aromatic carbocycles. The molecule has 25 heavy (non-hydrogen) atoms. The second-order valence-corrected chi connectivity index (χ2v) is 6.69. The minimum Gasteiger partial charge on any atom is -0.463 e. The summed E-state index contributed by atoms with van der Waals surface area (Å²) in [6.07, 6.45) is 2.17. The van der Waals surface area contributed by atoms with Crippen LogP contribution in [0.25, 0.3) is 0 Å². The first-order valence-corrected chi connectivity index (χ1v) is 8.56. The van der Waals surface area contributed by atoms with Gasteiger partial charge >= 0.3 is 5.97 Å². The van der Waals surface area contributed by atoms with Gasteiger partial charge in [-0.05, 0) is 41.0 Å². The highest BCUT2D eigenvalue weighted by molar-refractivity contribution is 5.96. The van der Waals surface area contributed by atoms with Crippen molar-refractivity contribution in [2.75, 3.05) is 11.9 Å². The summed E-state index contributed by atoms with van der Waals surface area (Å²) >= 11 is 0. The number of fused-ring (bicyclic) bond motifs is 1. The number of hydrogen-bond donors (Lipinski definition) is 1. The van der Waals surface area contributed by atoms with E-state index in [1.54, 1.807) is 4.68 Å². The molecule has 138 valence electrons. The van der Waals surface area contributed by atoms with Gasteiger partial charge in [0.25, 0.3) is 5.91 Å². The zero-order valence-electron chi connectivity index (χ0n) is 15.7. The normalized spacial score (nSPS) is 18.2. The molecule has 1 aromatic heterocycles. The van der Waals surface area contributed by atoms with Crippen molar-refractivity contribution in [1.82, 2.24) is 20.1 Å². The third-order valence-corrected chi connectivity index (χ3v) is 4.30. The largest absolute Gasteiger partial charge is 0.463 e. The molecular weight excluding hydrogens is 322 g/mol. The topological polar surface area (TPSA) is 89.3 Å². The van der Waals surface area contributed by atoms with E-state index >= 15 is 0 Å². The number of aromatic nitrogens is 3. The summed E-state index contributed by atoms with van der Waals surface area (Å²) in [7, 11) is 1.86. The standard InChI is InChI=1S/C17H27N5O3/c1-10(2)25-14(23)8-7-11(3)20-16(24)15-12(4)21(6)17-18-9-19-22(17)13(15)5/h9-11,13H,7-8H2,1-6H3,(H,20,24)/t11-,13+/m0/s1. The first-order valence-electron chi connectivity index (χ1n) is 8.56. The molecule has 1 N–H and O–H groups in total. The summed E-state index contributed by atoms with van der Waals surface area (Å²) in [6.45, 7) is 9.34. The Balaban J connectivity index is 2.00. The molecule has 0 radical (unpaired) electrons. The maximum atomic E-state index is 12.8. The van der Waals surface area contributed by atoms with Gasteiger partial charge in [0.1, 0.15) is 6.33 Å². The Morgan fingerprint density at radius 3 is 2.68 bits per heavy atom. The number of carbonyl (C=O) groups is 2. The average Bonchev–Trinajstić information content (AvgIpc) is 3.00. The van der Waals surface area contributed by atoms with E-state index in [1.807, 2.05) is 46.6 Å². The molecule has 0 unspecified atom stereocenters. The van der Waals surface area contributed by atoms with Crippen LogP contribution in [0.5, 0.6) is 0 Å². The van der Waals surface area contributed by atoms with Crippen LogP contribution in [-0.4, -0.2) is 45.8 Å². The van der Waals surface area contributed by atoms with Crippen molar-refractivity contribution >= 4 is 17.8 Å². The highest BCUT2D eigenvalue weighted by atomic mass is 16.5. The number of hydrogen-bond acceptors (Lipinski definition) is 6. The Kier molecular flexibility index (Phi) is 5.81. The van der Waals surface area contributed by atoms with Crippen LogP contribution >= 0.6 is 0 Å². The van der Waals surface area contributed by atoms with Gasteiger partial charge in [0.2, 0.25) is 5.95 Å². The number of allylic oxidation sites excluding steroid dienone is 1. The summed E-state index contributed by atoms with van der Waals surface area (Å²) in [5.74, 6) is 0.318. The highest BCUT2D eigenvalue weighted by Crippen LogP contribution is 2.32. The molecule has 1 aliphatic heterocycles. The molecule has 8 nitrogen and oxygen atoms in total. The predicted molar refractivity (Wildman–Crippen MR) is 93.9 cm³/mol. The van der Waals surface area contributed by atoms with Gasteiger partial charge in [-0.15, -0.1) is 0 Å². The molecule has 0 spiro atoms. The van der Waals surface area contributed by atoms with Crippen LogP contribution in [0.2, 0.25) is 0 Å². The monoisotopic (exact) mass is 349 g/mol. The van der Waals surface area contributed by atoms with Crippen LogP contribution in [0.4, 0.5) is 5.95 Å². The van der Waals surface area contributed by atoms with Crippen molar-refractivity contribution in [3.05, 3.63) is 17.6 Å². The van der Waals surface area contributed by atoms with Gasteiger partial charge in [-0.2, -0.15) is 10.1 Å². The molecule has 2 heterocycles. The number of amides is 1. The lowest BCUT2D eigenvalue weighted by Gasteiger charge is -2.32. The second kappa shape index (κ2) is 7.67. The Hall–Kier alpha value is -2.38. The summed E-state index contributed by atoms with van der Waals surface area (Å²) in [5.41, 5.74) is 1.49. The smallest absolute Gasteiger partial charge is 0.306 e. The summed E-state index contributed by atoms with van der Waals surface area (Å²) in [4.78, 5) is 30.5. The zero-order valence-corrected chi connectivity index (χ0v) is 15.7. The van der Waals surface area contributed by atoms with E-state index in [0.717, 1.165) is 5.70 Å². The van der Waals surface area contributed by atoms with Crippen molar-refractivity contribution in [1.29, 1.82) is 0 Å². The van der Waals surface area contributed by atoms with Gasteiger partial charge in [0.15, 0.2) is 0 Å². The molecule has 0 saturated heterocycles. The number of ether oxygens (including phenoxy) is 1. The molecule has 1 aliphatic rings. The zero-order chi connectivity index (χ0) is 18.7. The molecule has 0 bridgehead atoms. The number of rotatable bonds is 6. The second-order valence-electron chi connectivity index (χ2n) is 6.69. The van der Waals surface area contributed by atoms with Crippen molar-refractivity contribution in [3.8, 4) is 0 Å².